The van der Waals surface area contributed by atoms with E-state index in [2.05, 4.69) is 20.9 Å². The summed E-state index contributed by atoms with van der Waals surface area (Å²) in [5, 5.41) is 22.4. The van der Waals surface area contributed by atoms with Crippen LogP contribution in [0.3, 0.4) is 0 Å². The molecule has 0 bridgehead atoms. The van der Waals surface area contributed by atoms with Crippen molar-refractivity contribution >= 4 is 23.5 Å². The van der Waals surface area contributed by atoms with E-state index >= 15 is 0 Å². The molecule has 178 valence electrons. The average molecular weight is 470 g/mol. The van der Waals surface area contributed by atoms with Gasteiger partial charge in [-0.2, -0.15) is 0 Å². The second kappa shape index (κ2) is 10.1. The van der Waals surface area contributed by atoms with Crippen LogP contribution < -0.4 is 15.5 Å². The first-order valence-corrected chi connectivity index (χ1v) is 10.6. The monoisotopic (exact) mass is 470 g/mol. The van der Waals surface area contributed by atoms with E-state index in [1.807, 2.05) is 4.90 Å². The van der Waals surface area contributed by atoms with Gasteiger partial charge in [0.05, 0.1) is 31.2 Å². The maximum Gasteiger partial charge on any atom is 0.372 e. The van der Waals surface area contributed by atoms with Crippen molar-refractivity contribution in [1.29, 1.82) is 0 Å². The highest BCUT2D eigenvalue weighted by molar-refractivity contribution is 5.97. The first kappa shape index (κ1) is 23.0. The van der Waals surface area contributed by atoms with E-state index < -0.39 is 17.8 Å². The van der Waals surface area contributed by atoms with Crippen LogP contribution in [0.4, 0.5) is 10.1 Å². The number of halogens is 1. The van der Waals surface area contributed by atoms with Crippen molar-refractivity contribution in [2.45, 2.75) is 32.0 Å². The molecule has 1 atom stereocenters. The fraction of sp³-hybridized carbons (Fsp3) is 0.318. The number of nitrogens with one attached hydrogen (secondary N) is 2. The van der Waals surface area contributed by atoms with Gasteiger partial charge >= 0.3 is 5.97 Å². The van der Waals surface area contributed by atoms with Crippen molar-refractivity contribution < 1.29 is 28.3 Å². The Bertz CT molecular complexity index is 1190. The molecule has 1 aliphatic heterocycles. The summed E-state index contributed by atoms with van der Waals surface area (Å²) in [7, 11) is 0. The molecule has 3 heterocycles. The topological polar surface area (TPSA) is 143 Å². The van der Waals surface area contributed by atoms with Gasteiger partial charge in [-0.25, -0.2) is 13.9 Å². The molecule has 2 aromatic heterocycles. The number of rotatable bonds is 9. The number of carbonyl (C=O) groups excluding carboxylic acids is 2. The minimum atomic E-state index is -1.18. The Hall–Kier alpha value is -4.22. The van der Waals surface area contributed by atoms with Crippen LogP contribution in [0.15, 0.2) is 47.2 Å². The Kier molecular flexibility index (Phi) is 6.85. The van der Waals surface area contributed by atoms with Gasteiger partial charge in [-0.15, -0.1) is 5.10 Å². The number of benzene rings is 1. The molecule has 1 aliphatic rings. The molecule has 1 saturated heterocycles. The summed E-state index contributed by atoms with van der Waals surface area (Å²) in [6, 6.07) is 7.85. The second-order valence-electron chi connectivity index (χ2n) is 7.89. The largest absolute Gasteiger partial charge is 0.475 e. The van der Waals surface area contributed by atoms with Crippen LogP contribution in [0.5, 0.6) is 0 Å². The fourth-order valence-corrected chi connectivity index (χ4v) is 3.80. The summed E-state index contributed by atoms with van der Waals surface area (Å²) in [4.78, 5) is 37.4. The number of carboxylic acid groups (broad SMARTS) is 1. The summed E-state index contributed by atoms with van der Waals surface area (Å²) in [5.41, 5.74) is 1.38. The van der Waals surface area contributed by atoms with E-state index in [-0.39, 0.29) is 37.1 Å². The average Bonchev–Trinajstić information content (AvgIpc) is 3.54. The number of para-hydroxylation sites is 1. The van der Waals surface area contributed by atoms with Crippen LogP contribution in [-0.4, -0.2) is 57.0 Å². The van der Waals surface area contributed by atoms with Crippen LogP contribution in [0.2, 0.25) is 0 Å². The van der Waals surface area contributed by atoms with Crippen LogP contribution in [0, 0.1) is 5.82 Å². The van der Waals surface area contributed by atoms with Gasteiger partial charge < -0.3 is 25.1 Å². The molecule has 11 nitrogen and oxygen atoms in total. The summed E-state index contributed by atoms with van der Waals surface area (Å²) in [5.74, 6) is -2.54. The van der Waals surface area contributed by atoms with E-state index in [1.165, 1.54) is 23.1 Å². The van der Waals surface area contributed by atoms with Gasteiger partial charge in [0.25, 0.3) is 0 Å². The van der Waals surface area contributed by atoms with E-state index in [0.29, 0.717) is 36.5 Å². The smallest absolute Gasteiger partial charge is 0.372 e. The second-order valence-corrected chi connectivity index (χ2v) is 7.89. The standard InChI is InChI=1S/C22H23FN6O5/c23-17-3-1-2-4-18(17)28-7-5-15(12-28)25-20(31)9-19(30)24-10-16-13-29(27-26-16)11-14-6-8-34-21(14)22(32)33/h1-4,6,8,13,15H,5,7,9-12H2,(H,24,30)(H,25,31)(H,32,33). The van der Waals surface area contributed by atoms with Crippen molar-refractivity contribution in [3.8, 4) is 0 Å². The van der Waals surface area contributed by atoms with Crippen molar-refractivity contribution in [3.05, 3.63) is 65.6 Å². The molecule has 1 unspecified atom stereocenters. The number of carbonyl (C=O) groups is 3. The third kappa shape index (κ3) is 5.57. The third-order valence-corrected chi connectivity index (χ3v) is 5.39. The molecule has 1 fully saturated rings. The molecule has 3 aromatic rings. The Morgan fingerprint density at radius 1 is 1.21 bits per heavy atom. The zero-order valence-electron chi connectivity index (χ0n) is 18.1. The number of nitrogens with zero attached hydrogens (tertiary/aromatic N) is 4. The van der Waals surface area contributed by atoms with Crippen LogP contribution in [0.25, 0.3) is 0 Å². The van der Waals surface area contributed by atoms with Gasteiger partial charge in [0.2, 0.25) is 17.6 Å². The van der Waals surface area contributed by atoms with E-state index in [1.54, 1.807) is 24.4 Å². The molecule has 0 radical (unpaired) electrons. The first-order chi connectivity index (χ1) is 16.4. The predicted octanol–water partition coefficient (Wildman–Crippen LogP) is 1.16. The minimum Gasteiger partial charge on any atom is -0.475 e. The van der Waals surface area contributed by atoms with Gasteiger partial charge in [0.1, 0.15) is 17.9 Å². The van der Waals surface area contributed by atoms with Crippen LogP contribution in [-0.2, 0) is 22.7 Å². The first-order valence-electron chi connectivity index (χ1n) is 10.6. The maximum absolute atomic E-state index is 14.0. The summed E-state index contributed by atoms with van der Waals surface area (Å²) >= 11 is 0. The molecule has 4 rings (SSSR count). The molecular weight excluding hydrogens is 447 g/mol. The number of amides is 2. The molecule has 2 amide bonds. The highest BCUT2D eigenvalue weighted by Gasteiger charge is 2.26. The van der Waals surface area contributed by atoms with Crippen molar-refractivity contribution in [1.82, 2.24) is 25.6 Å². The quantitative estimate of drug-likeness (QED) is 0.396. The fourth-order valence-electron chi connectivity index (χ4n) is 3.80. The number of carboxylic acids is 1. The van der Waals surface area contributed by atoms with E-state index in [9.17, 15) is 18.8 Å². The molecule has 3 N–H and O–H groups in total. The number of aromatic carboxylic acids is 1. The normalized spacial score (nSPS) is 15.3. The molecule has 1 aromatic carbocycles. The Morgan fingerprint density at radius 2 is 2.03 bits per heavy atom. The van der Waals surface area contributed by atoms with Gasteiger partial charge in [-0.1, -0.05) is 17.3 Å². The summed E-state index contributed by atoms with van der Waals surface area (Å²) in [6.07, 6.45) is 3.16. The minimum absolute atomic E-state index is 0.0633. The molecule has 34 heavy (non-hydrogen) atoms. The number of hydrogen-bond donors (Lipinski definition) is 3. The third-order valence-electron chi connectivity index (χ3n) is 5.39. The lowest BCUT2D eigenvalue weighted by Crippen LogP contribution is -2.39. The highest BCUT2D eigenvalue weighted by atomic mass is 19.1. The SMILES string of the molecule is O=C(CC(=O)NC1CCN(c2ccccc2F)C1)NCc1cn(Cc2ccoc2C(=O)O)nn1. The number of hydrogen-bond acceptors (Lipinski definition) is 7. The van der Waals surface area contributed by atoms with Gasteiger partial charge in [-0.05, 0) is 24.6 Å². The molecular formula is C22H23FN6O5. The molecule has 0 aliphatic carbocycles. The zero-order valence-corrected chi connectivity index (χ0v) is 18.1. The van der Waals surface area contributed by atoms with Crippen LogP contribution in [0.1, 0.15) is 34.7 Å². The molecule has 12 heteroatoms. The lowest BCUT2D eigenvalue weighted by molar-refractivity contribution is -0.129. The summed E-state index contributed by atoms with van der Waals surface area (Å²) < 4.78 is 20.3. The Balaban J connectivity index is 1.20. The van der Waals surface area contributed by atoms with Crippen LogP contribution >= 0.6 is 0 Å². The van der Waals surface area contributed by atoms with E-state index in [0.717, 1.165) is 0 Å². The molecule has 0 spiro atoms. The van der Waals surface area contributed by atoms with Gasteiger partial charge in [0.15, 0.2) is 0 Å². The van der Waals surface area contributed by atoms with Gasteiger partial charge in [-0.3, -0.25) is 9.59 Å². The van der Waals surface area contributed by atoms with Gasteiger partial charge in [0, 0.05) is 24.7 Å². The highest BCUT2D eigenvalue weighted by Crippen LogP contribution is 2.23. The zero-order chi connectivity index (χ0) is 24.1. The summed E-state index contributed by atoms with van der Waals surface area (Å²) in [6.45, 7) is 1.29. The van der Waals surface area contributed by atoms with E-state index in [4.69, 9.17) is 9.52 Å². The predicted molar refractivity (Wildman–Crippen MR) is 116 cm³/mol. The Labute approximate surface area is 193 Å². The lowest BCUT2D eigenvalue weighted by Gasteiger charge is -2.19. The number of anilines is 1. The lowest BCUT2D eigenvalue weighted by atomic mass is 10.2. The molecule has 0 saturated carbocycles. The van der Waals surface area contributed by atoms with Crippen molar-refractivity contribution in [2.75, 3.05) is 18.0 Å². The number of furan rings is 1. The number of aromatic nitrogens is 3. The maximum atomic E-state index is 14.0. The Morgan fingerprint density at radius 3 is 2.82 bits per heavy atom. The van der Waals surface area contributed by atoms with Crippen molar-refractivity contribution in [3.63, 3.8) is 0 Å². The van der Waals surface area contributed by atoms with Crippen molar-refractivity contribution in [2.24, 2.45) is 0 Å².